The second kappa shape index (κ2) is 7.10. The molecule has 1 heterocycles. The maximum atomic E-state index is 11.7. The Bertz CT molecular complexity index is 271. The van der Waals surface area contributed by atoms with Crippen molar-refractivity contribution < 1.29 is 9.90 Å². The lowest BCUT2D eigenvalue weighted by Crippen LogP contribution is -2.55. The van der Waals surface area contributed by atoms with Crippen LogP contribution in [0.3, 0.4) is 0 Å². The zero-order valence-corrected chi connectivity index (χ0v) is 12.0. The summed E-state index contributed by atoms with van der Waals surface area (Å²) in [5, 5.41) is 13.0. The molecule has 2 atom stereocenters. The number of nitrogens with zero attached hydrogens (tertiary/aromatic N) is 1. The first-order valence-electron chi connectivity index (χ1n) is 7.27. The maximum Gasteiger partial charge on any atom is 0.323 e. The van der Waals surface area contributed by atoms with Crippen molar-refractivity contribution in [1.82, 2.24) is 10.2 Å². The number of likely N-dealkylation sites (tertiary alicyclic amines) is 1. The van der Waals surface area contributed by atoms with E-state index in [-0.39, 0.29) is 6.04 Å². The van der Waals surface area contributed by atoms with Crippen LogP contribution in [-0.2, 0) is 4.79 Å². The van der Waals surface area contributed by atoms with Crippen molar-refractivity contribution in [3.05, 3.63) is 0 Å². The first kappa shape index (κ1) is 15.4. The van der Waals surface area contributed by atoms with Gasteiger partial charge in [-0.3, -0.25) is 10.1 Å². The molecule has 1 aliphatic heterocycles. The fourth-order valence-corrected chi connectivity index (χ4v) is 2.72. The van der Waals surface area contributed by atoms with Gasteiger partial charge in [-0.15, -0.1) is 0 Å². The molecule has 4 nitrogen and oxygen atoms in total. The van der Waals surface area contributed by atoms with Crippen LogP contribution in [0.5, 0.6) is 0 Å². The highest BCUT2D eigenvalue weighted by molar-refractivity contribution is 5.78. The van der Waals surface area contributed by atoms with Gasteiger partial charge in [0.25, 0.3) is 0 Å². The third-order valence-electron chi connectivity index (χ3n) is 4.02. The SMILES string of the molecule is CCCN1CCCC(NC(C)CC)(C(=O)O)CC1. The molecule has 106 valence electrons. The predicted molar refractivity (Wildman–Crippen MR) is 73.8 cm³/mol. The van der Waals surface area contributed by atoms with Gasteiger partial charge in [-0.25, -0.2) is 0 Å². The summed E-state index contributed by atoms with van der Waals surface area (Å²) in [6.07, 6.45) is 4.53. The number of carboxylic acid groups (broad SMARTS) is 1. The van der Waals surface area contributed by atoms with Crippen molar-refractivity contribution in [2.45, 2.75) is 64.5 Å². The van der Waals surface area contributed by atoms with E-state index in [1.54, 1.807) is 0 Å². The predicted octanol–water partition coefficient (Wildman–Crippen LogP) is 2.09. The molecule has 2 unspecified atom stereocenters. The molecule has 4 heteroatoms. The largest absolute Gasteiger partial charge is 0.480 e. The Morgan fingerprint density at radius 1 is 1.39 bits per heavy atom. The highest BCUT2D eigenvalue weighted by Crippen LogP contribution is 2.24. The Kier molecular flexibility index (Phi) is 6.09. The van der Waals surface area contributed by atoms with Gasteiger partial charge in [0.1, 0.15) is 5.54 Å². The molecule has 0 saturated carbocycles. The molecule has 18 heavy (non-hydrogen) atoms. The summed E-state index contributed by atoms with van der Waals surface area (Å²) >= 11 is 0. The van der Waals surface area contributed by atoms with Gasteiger partial charge in [0.05, 0.1) is 0 Å². The number of hydrogen-bond acceptors (Lipinski definition) is 3. The Morgan fingerprint density at radius 2 is 2.11 bits per heavy atom. The lowest BCUT2D eigenvalue weighted by atomic mass is 9.89. The summed E-state index contributed by atoms with van der Waals surface area (Å²) in [4.78, 5) is 14.1. The number of rotatable bonds is 6. The summed E-state index contributed by atoms with van der Waals surface area (Å²) in [5.41, 5.74) is -0.710. The van der Waals surface area contributed by atoms with E-state index in [9.17, 15) is 9.90 Å². The van der Waals surface area contributed by atoms with Crippen LogP contribution in [0, 0.1) is 0 Å². The quantitative estimate of drug-likeness (QED) is 0.764. The van der Waals surface area contributed by atoms with Crippen LogP contribution < -0.4 is 5.32 Å². The van der Waals surface area contributed by atoms with E-state index in [2.05, 4.69) is 31.0 Å². The molecule has 0 bridgehead atoms. The van der Waals surface area contributed by atoms with E-state index < -0.39 is 11.5 Å². The van der Waals surface area contributed by atoms with Gasteiger partial charge in [-0.05, 0) is 52.1 Å². The van der Waals surface area contributed by atoms with Gasteiger partial charge in [-0.1, -0.05) is 13.8 Å². The molecule has 0 aliphatic carbocycles. The molecule has 2 N–H and O–H groups in total. The Hall–Kier alpha value is -0.610. The van der Waals surface area contributed by atoms with Crippen LogP contribution in [0.1, 0.15) is 52.9 Å². The van der Waals surface area contributed by atoms with E-state index >= 15 is 0 Å². The molecule has 1 fully saturated rings. The molecule has 0 aromatic carbocycles. The number of carboxylic acids is 1. The first-order valence-corrected chi connectivity index (χ1v) is 7.27. The summed E-state index contributed by atoms with van der Waals surface area (Å²) in [7, 11) is 0. The summed E-state index contributed by atoms with van der Waals surface area (Å²) in [6, 6.07) is 0.263. The first-order chi connectivity index (χ1) is 8.54. The standard InChI is InChI=1S/C14H28N2O2/c1-4-9-16-10-6-7-14(8-11-16,13(17)18)15-12(3)5-2/h12,15H,4-11H2,1-3H3,(H,17,18). The maximum absolute atomic E-state index is 11.7. The zero-order chi connectivity index (χ0) is 13.6. The van der Waals surface area contributed by atoms with E-state index in [1.807, 2.05) is 0 Å². The van der Waals surface area contributed by atoms with E-state index in [1.165, 1.54) is 0 Å². The Labute approximate surface area is 111 Å². The summed E-state index contributed by atoms with van der Waals surface area (Å²) in [6.45, 7) is 9.34. The van der Waals surface area contributed by atoms with Gasteiger partial charge in [0, 0.05) is 12.6 Å². The topological polar surface area (TPSA) is 52.6 Å². The molecular formula is C14H28N2O2. The van der Waals surface area contributed by atoms with Crippen LogP contribution in [0.4, 0.5) is 0 Å². The third kappa shape index (κ3) is 3.95. The average Bonchev–Trinajstić information content (AvgIpc) is 2.53. The molecule has 0 aromatic rings. The zero-order valence-electron chi connectivity index (χ0n) is 12.0. The van der Waals surface area contributed by atoms with Gasteiger partial charge in [0.2, 0.25) is 0 Å². The summed E-state index contributed by atoms with van der Waals surface area (Å²) in [5.74, 6) is -0.679. The number of nitrogens with one attached hydrogen (secondary N) is 1. The van der Waals surface area contributed by atoms with Gasteiger partial charge in [-0.2, -0.15) is 0 Å². The normalized spacial score (nSPS) is 27.7. The van der Waals surface area contributed by atoms with Crippen LogP contribution in [0.2, 0.25) is 0 Å². The van der Waals surface area contributed by atoms with E-state index in [0.29, 0.717) is 6.42 Å². The summed E-state index contributed by atoms with van der Waals surface area (Å²) < 4.78 is 0. The molecule has 0 aromatic heterocycles. The van der Waals surface area contributed by atoms with Gasteiger partial charge < -0.3 is 10.0 Å². The van der Waals surface area contributed by atoms with Crippen LogP contribution in [0.15, 0.2) is 0 Å². The van der Waals surface area contributed by atoms with Crippen molar-refractivity contribution in [3.63, 3.8) is 0 Å². The molecule has 0 radical (unpaired) electrons. The number of carbonyl (C=O) groups is 1. The second-order valence-corrected chi connectivity index (χ2v) is 5.54. The minimum absolute atomic E-state index is 0.263. The second-order valence-electron chi connectivity index (χ2n) is 5.54. The van der Waals surface area contributed by atoms with Crippen LogP contribution in [0.25, 0.3) is 0 Å². The van der Waals surface area contributed by atoms with Gasteiger partial charge in [0.15, 0.2) is 0 Å². The average molecular weight is 256 g/mol. The minimum atomic E-state index is -0.710. The number of hydrogen-bond donors (Lipinski definition) is 2. The molecule has 1 rings (SSSR count). The molecular weight excluding hydrogens is 228 g/mol. The van der Waals surface area contributed by atoms with Crippen molar-refractivity contribution in [3.8, 4) is 0 Å². The lowest BCUT2D eigenvalue weighted by molar-refractivity contribution is -0.146. The third-order valence-corrected chi connectivity index (χ3v) is 4.02. The Morgan fingerprint density at radius 3 is 2.67 bits per heavy atom. The van der Waals surface area contributed by atoms with Crippen LogP contribution >= 0.6 is 0 Å². The van der Waals surface area contributed by atoms with E-state index in [0.717, 1.165) is 45.3 Å². The monoisotopic (exact) mass is 256 g/mol. The minimum Gasteiger partial charge on any atom is -0.480 e. The van der Waals surface area contributed by atoms with Crippen LogP contribution in [-0.4, -0.2) is 47.2 Å². The smallest absolute Gasteiger partial charge is 0.323 e. The fraction of sp³-hybridized carbons (Fsp3) is 0.929. The molecule has 1 saturated heterocycles. The van der Waals surface area contributed by atoms with Crippen molar-refractivity contribution in [1.29, 1.82) is 0 Å². The number of aliphatic carboxylic acids is 1. The highest BCUT2D eigenvalue weighted by atomic mass is 16.4. The van der Waals surface area contributed by atoms with Crippen molar-refractivity contribution >= 4 is 5.97 Å². The van der Waals surface area contributed by atoms with Gasteiger partial charge >= 0.3 is 5.97 Å². The molecule has 0 spiro atoms. The lowest BCUT2D eigenvalue weighted by Gasteiger charge is -2.32. The molecule has 0 amide bonds. The van der Waals surface area contributed by atoms with Crippen molar-refractivity contribution in [2.24, 2.45) is 0 Å². The molecule has 1 aliphatic rings. The van der Waals surface area contributed by atoms with Crippen molar-refractivity contribution in [2.75, 3.05) is 19.6 Å². The van der Waals surface area contributed by atoms with E-state index in [4.69, 9.17) is 0 Å². The fourth-order valence-electron chi connectivity index (χ4n) is 2.72. The highest BCUT2D eigenvalue weighted by Gasteiger charge is 2.40. The Balaban J connectivity index is 2.70.